The maximum Gasteiger partial charge on any atom is 0.337 e. The molecule has 2 N–H and O–H groups in total. The van der Waals surface area contributed by atoms with Crippen molar-refractivity contribution in [3.63, 3.8) is 0 Å². The second-order valence-electron chi connectivity index (χ2n) is 9.46. The number of ether oxygens (including phenoxy) is 1. The number of nitrogens with zero attached hydrogens (tertiary/aromatic N) is 1. The average molecular weight is 421 g/mol. The van der Waals surface area contributed by atoms with E-state index in [-0.39, 0.29) is 17.1 Å². The summed E-state index contributed by atoms with van der Waals surface area (Å²) in [5, 5.41) is 12.5. The largest absolute Gasteiger partial charge is 0.497 e. The Morgan fingerprint density at radius 2 is 1.55 bits per heavy atom. The Labute approximate surface area is 182 Å². The van der Waals surface area contributed by atoms with E-state index in [0.717, 1.165) is 30.7 Å². The van der Waals surface area contributed by atoms with Gasteiger partial charge in [-0.1, -0.05) is 12.1 Å². The van der Waals surface area contributed by atoms with Crippen LogP contribution in [0.25, 0.3) is 0 Å². The lowest BCUT2D eigenvalue weighted by atomic mass is 9.52. The van der Waals surface area contributed by atoms with Gasteiger partial charge in [-0.3, -0.25) is 4.90 Å². The summed E-state index contributed by atoms with van der Waals surface area (Å²) in [5.74, 6) is 1.70. The summed E-state index contributed by atoms with van der Waals surface area (Å²) >= 11 is 0. The highest BCUT2D eigenvalue weighted by atomic mass is 16.5. The van der Waals surface area contributed by atoms with Crippen molar-refractivity contribution in [1.82, 2.24) is 0 Å². The lowest BCUT2D eigenvalue weighted by Gasteiger charge is -2.60. The number of anilines is 2. The van der Waals surface area contributed by atoms with E-state index >= 15 is 0 Å². The number of methoxy groups -OCH3 is 1. The van der Waals surface area contributed by atoms with Crippen molar-refractivity contribution < 1.29 is 19.4 Å². The molecule has 31 heavy (non-hydrogen) atoms. The van der Waals surface area contributed by atoms with Crippen molar-refractivity contribution in [3.05, 3.63) is 54.1 Å². The lowest BCUT2D eigenvalue weighted by molar-refractivity contribution is -0.0000228. The topological polar surface area (TPSA) is 78.9 Å². The molecule has 6 nitrogen and oxygen atoms in total. The van der Waals surface area contributed by atoms with Gasteiger partial charge in [0.15, 0.2) is 0 Å². The molecule has 4 saturated carbocycles. The second kappa shape index (κ2) is 7.59. The molecule has 6 rings (SSSR count). The number of carbonyl (C=O) groups is 2. The summed E-state index contributed by atoms with van der Waals surface area (Å²) in [6.07, 6.45) is 6.87. The number of carboxylic acid groups (broad SMARTS) is 1. The smallest absolute Gasteiger partial charge is 0.337 e. The number of amides is 2. The van der Waals surface area contributed by atoms with Crippen molar-refractivity contribution >= 4 is 23.4 Å². The first-order valence-corrected chi connectivity index (χ1v) is 11.0. The molecule has 162 valence electrons. The SMILES string of the molecule is COc1ccc(N(C(=O)Nc2ccccc2C(=O)O)C23CC4CC(CC(C4)C2)C3)cc1. The molecule has 0 unspecified atom stereocenters. The van der Waals surface area contributed by atoms with Crippen LogP contribution in [0.15, 0.2) is 48.5 Å². The fraction of sp³-hybridized carbons (Fsp3) is 0.440. The van der Waals surface area contributed by atoms with E-state index in [1.54, 1.807) is 25.3 Å². The van der Waals surface area contributed by atoms with Crippen LogP contribution >= 0.6 is 0 Å². The minimum atomic E-state index is -1.05. The molecule has 0 spiro atoms. The number of benzene rings is 2. The van der Waals surface area contributed by atoms with Crippen molar-refractivity contribution in [1.29, 1.82) is 0 Å². The summed E-state index contributed by atoms with van der Waals surface area (Å²) in [6, 6.07) is 13.9. The third-order valence-electron chi connectivity index (χ3n) is 7.41. The van der Waals surface area contributed by atoms with Gasteiger partial charge >= 0.3 is 12.0 Å². The van der Waals surface area contributed by atoms with Crippen LogP contribution in [0.1, 0.15) is 48.9 Å². The van der Waals surface area contributed by atoms with Crippen LogP contribution in [0.5, 0.6) is 5.75 Å². The first kappa shape index (κ1) is 19.9. The number of aromatic carboxylic acids is 1. The number of hydrogen-bond acceptors (Lipinski definition) is 3. The molecule has 6 heteroatoms. The van der Waals surface area contributed by atoms with Crippen molar-refractivity contribution in [3.8, 4) is 5.75 Å². The number of hydrogen-bond donors (Lipinski definition) is 2. The molecule has 0 aliphatic heterocycles. The van der Waals surface area contributed by atoms with E-state index in [9.17, 15) is 14.7 Å². The summed E-state index contributed by atoms with van der Waals surface area (Å²) in [6.45, 7) is 0. The molecular weight excluding hydrogens is 392 g/mol. The Bertz CT molecular complexity index is 966. The van der Waals surface area contributed by atoms with E-state index in [4.69, 9.17) is 4.74 Å². The van der Waals surface area contributed by atoms with Gasteiger partial charge in [0.1, 0.15) is 5.75 Å². The summed E-state index contributed by atoms with van der Waals surface area (Å²) in [4.78, 5) is 27.3. The first-order valence-electron chi connectivity index (χ1n) is 11.0. The fourth-order valence-corrected chi connectivity index (χ4v) is 6.63. The molecule has 0 saturated heterocycles. The van der Waals surface area contributed by atoms with E-state index in [0.29, 0.717) is 23.4 Å². The maximum atomic E-state index is 13.7. The van der Waals surface area contributed by atoms with Gasteiger partial charge in [0.25, 0.3) is 0 Å². The lowest BCUT2D eigenvalue weighted by Crippen LogP contribution is -2.62. The Kier molecular flexibility index (Phi) is 4.88. The van der Waals surface area contributed by atoms with Crippen LogP contribution in [0.4, 0.5) is 16.2 Å². The Balaban J connectivity index is 1.53. The number of carboxylic acids is 1. The average Bonchev–Trinajstić information content (AvgIpc) is 2.73. The number of carbonyl (C=O) groups excluding carboxylic acids is 1. The maximum absolute atomic E-state index is 13.7. The predicted molar refractivity (Wildman–Crippen MR) is 119 cm³/mol. The minimum absolute atomic E-state index is 0.0936. The van der Waals surface area contributed by atoms with E-state index < -0.39 is 5.97 Å². The minimum Gasteiger partial charge on any atom is -0.497 e. The highest BCUT2D eigenvalue weighted by Gasteiger charge is 2.55. The van der Waals surface area contributed by atoms with Crippen molar-refractivity contribution in [2.45, 2.75) is 44.1 Å². The van der Waals surface area contributed by atoms with Gasteiger partial charge in [0.05, 0.1) is 23.9 Å². The van der Waals surface area contributed by atoms with Gasteiger partial charge in [0.2, 0.25) is 0 Å². The molecule has 0 atom stereocenters. The highest BCUT2D eigenvalue weighted by Crippen LogP contribution is 2.58. The molecule has 0 heterocycles. The zero-order valence-corrected chi connectivity index (χ0v) is 17.7. The summed E-state index contributed by atoms with van der Waals surface area (Å²) in [7, 11) is 1.63. The number of para-hydroxylation sites is 1. The van der Waals surface area contributed by atoms with Gasteiger partial charge in [-0.2, -0.15) is 0 Å². The van der Waals surface area contributed by atoms with Crippen LogP contribution in [-0.2, 0) is 0 Å². The van der Waals surface area contributed by atoms with Crippen LogP contribution in [0.2, 0.25) is 0 Å². The molecule has 2 amide bonds. The summed E-state index contributed by atoms with van der Waals surface area (Å²) < 4.78 is 5.31. The third kappa shape index (κ3) is 3.54. The number of rotatable bonds is 5. The molecule has 4 aliphatic carbocycles. The van der Waals surface area contributed by atoms with Gasteiger partial charge < -0.3 is 15.2 Å². The third-order valence-corrected chi connectivity index (χ3v) is 7.41. The molecular formula is C25H28N2O4. The van der Waals surface area contributed by atoms with E-state index in [2.05, 4.69) is 5.32 Å². The van der Waals surface area contributed by atoms with Gasteiger partial charge in [-0.25, -0.2) is 9.59 Å². The quantitative estimate of drug-likeness (QED) is 0.679. The van der Waals surface area contributed by atoms with Gasteiger partial charge in [0, 0.05) is 5.69 Å². The van der Waals surface area contributed by atoms with Crippen LogP contribution in [0, 0.1) is 17.8 Å². The fourth-order valence-electron chi connectivity index (χ4n) is 6.63. The van der Waals surface area contributed by atoms with Gasteiger partial charge in [-0.15, -0.1) is 0 Å². The zero-order valence-electron chi connectivity index (χ0n) is 17.7. The Hall–Kier alpha value is -3.02. The van der Waals surface area contributed by atoms with Crippen LogP contribution in [0.3, 0.4) is 0 Å². The van der Waals surface area contributed by atoms with E-state index in [1.165, 1.54) is 25.3 Å². The van der Waals surface area contributed by atoms with Crippen molar-refractivity contribution in [2.75, 3.05) is 17.3 Å². The molecule has 0 radical (unpaired) electrons. The highest BCUT2D eigenvalue weighted by molar-refractivity contribution is 6.06. The predicted octanol–water partition coefficient (Wildman–Crippen LogP) is 5.40. The van der Waals surface area contributed by atoms with Gasteiger partial charge in [-0.05, 0) is 92.7 Å². The van der Waals surface area contributed by atoms with Crippen LogP contribution < -0.4 is 15.0 Å². The van der Waals surface area contributed by atoms with Crippen molar-refractivity contribution in [2.24, 2.45) is 17.8 Å². The standard InChI is InChI=1S/C25H28N2O4/c1-31-20-8-6-19(7-9-20)27(24(30)26-22-5-3-2-4-21(22)23(28)29)25-13-16-10-17(14-25)12-18(11-16)15-25/h2-9,16-18H,10-15H2,1H3,(H,26,30)(H,28,29). The number of nitrogens with one attached hydrogen (secondary N) is 1. The molecule has 4 bridgehead atoms. The molecule has 0 aromatic heterocycles. The zero-order chi connectivity index (χ0) is 21.6. The Morgan fingerprint density at radius 1 is 0.968 bits per heavy atom. The normalized spacial score (nSPS) is 28.2. The molecule has 2 aromatic rings. The first-order chi connectivity index (χ1) is 15.0. The molecule has 4 aliphatic rings. The monoisotopic (exact) mass is 420 g/mol. The Morgan fingerprint density at radius 3 is 2.10 bits per heavy atom. The molecule has 4 fully saturated rings. The molecule has 2 aromatic carbocycles. The summed E-state index contributed by atoms with van der Waals surface area (Å²) in [5.41, 5.74) is 1.03. The van der Waals surface area contributed by atoms with Crippen LogP contribution in [-0.4, -0.2) is 29.8 Å². The second-order valence-corrected chi connectivity index (χ2v) is 9.46. The van der Waals surface area contributed by atoms with E-state index in [1.807, 2.05) is 29.2 Å². The number of urea groups is 1.